The van der Waals surface area contributed by atoms with Crippen molar-refractivity contribution in [3.05, 3.63) is 29.3 Å². The van der Waals surface area contributed by atoms with Gasteiger partial charge in [-0.25, -0.2) is 0 Å². The van der Waals surface area contributed by atoms with Crippen molar-refractivity contribution >= 4 is 18.2 Å². The summed E-state index contributed by atoms with van der Waals surface area (Å²) in [4.78, 5) is 14.1. The minimum atomic E-state index is -0.632. The van der Waals surface area contributed by atoms with Crippen LogP contribution in [0, 0.1) is 0 Å². The number of hydrogen-bond acceptors (Lipinski definition) is 4. The molecule has 1 saturated heterocycles. The summed E-state index contributed by atoms with van der Waals surface area (Å²) in [6.07, 6.45) is 2.96. The molecule has 5 heteroatoms. The van der Waals surface area contributed by atoms with Gasteiger partial charge in [0, 0.05) is 11.1 Å². The summed E-state index contributed by atoms with van der Waals surface area (Å²) in [5.41, 5.74) is 0.991. The van der Waals surface area contributed by atoms with Gasteiger partial charge in [0.25, 0.3) is 0 Å². The molecule has 0 radical (unpaired) electrons. The summed E-state index contributed by atoms with van der Waals surface area (Å²) in [5.74, 6) is 0.829. The van der Waals surface area contributed by atoms with E-state index in [1.165, 1.54) is 6.42 Å². The maximum absolute atomic E-state index is 11.7. The fourth-order valence-electron chi connectivity index (χ4n) is 3.58. The van der Waals surface area contributed by atoms with Crippen LogP contribution in [0.5, 0.6) is 5.75 Å². The molecular weight excluding hydrogens is 314 g/mol. The fourth-order valence-corrected chi connectivity index (χ4v) is 3.58. The highest BCUT2D eigenvalue weighted by atomic mass is 35.5. The molecule has 2 aliphatic rings. The summed E-state index contributed by atoms with van der Waals surface area (Å²) in [5, 5.41) is 10.9. The van der Waals surface area contributed by atoms with Crippen LogP contribution in [0.15, 0.2) is 18.2 Å². The molecule has 0 aliphatic carbocycles. The first kappa shape index (κ1) is 18.2. The van der Waals surface area contributed by atoms with Crippen molar-refractivity contribution in [3.63, 3.8) is 0 Å². The first-order valence-corrected chi connectivity index (χ1v) is 8.16. The molecule has 0 saturated carbocycles. The van der Waals surface area contributed by atoms with E-state index in [1.54, 1.807) is 6.92 Å². The Hall–Kier alpha value is -1.10. The molecule has 1 N–H and O–H groups in total. The molecule has 2 heterocycles. The topological polar surface area (TPSA) is 49.8 Å². The molecule has 0 amide bonds. The molecule has 2 aliphatic heterocycles. The first-order chi connectivity index (χ1) is 10.4. The lowest BCUT2D eigenvalue weighted by Gasteiger charge is -2.47. The van der Waals surface area contributed by atoms with E-state index in [4.69, 9.17) is 4.74 Å². The van der Waals surface area contributed by atoms with E-state index in [1.807, 2.05) is 32.0 Å². The Bertz CT molecular complexity index is 582. The molecule has 1 aromatic carbocycles. The summed E-state index contributed by atoms with van der Waals surface area (Å²) in [6.45, 7) is 7.40. The predicted octanol–water partition coefficient (Wildman–Crippen LogP) is 3.37. The van der Waals surface area contributed by atoms with Crippen LogP contribution in [-0.2, 0) is 0 Å². The SMILES string of the molecule is CC(=O)c1ccc2c(c1)C(N1CCCCC1)C(O)C(C)(C)O2.Cl. The number of hydrogen-bond donors (Lipinski definition) is 1. The number of carbonyl (C=O) groups excluding carboxylic acids is 1. The second kappa shape index (κ2) is 6.80. The van der Waals surface area contributed by atoms with Crippen molar-refractivity contribution in [1.82, 2.24) is 4.90 Å². The van der Waals surface area contributed by atoms with Crippen LogP contribution in [0.1, 0.15) is 62.0 Å². The van der Waals surface area contributed by atoms with Gasteiger partial charge in [-0.05, 0) is 64.9 Å². The number of fused-ring (bicyclic) bond motifs is 1. The number of rotatable bonds is 2. The summed E-state index contributed by atoms with van der Waals surface area (Å²) in [6, 6.07) is 5.48. The Balaban J connectivity index is 0.00000192. The number of ether oxygens (including phenoxy) is 1. The van der Waals surface area contributed by atoms with Crippen molar-refractivity contribution in [3.8, 4) is 5.75 Å². The molecular formula is C18H26ClNO3. The van der Waals surface area contributed by atoms with Crippen molar-refractivity contribution in [2.75, 3.05) is 13.1 Å². The zero-order valence-electron chi connectivity index (χ0n) is 14.0. The second-order valence-electron chi connectivity index (χ2n) is 7.00. The predicted molar refractivity (Wildman–Crippen MR) is 92.6 cm³/mol. The van der Waals surface area contributed by atoms with Crippen LogP contribution in [0.2, 0.25) is 0 Å². The number of aliphatic hydroxyl groups is 1. The lowest BCUT2D eigenvalue weighted by Crippen LogP contribution is -2.54. The maximum atomic E-state index is 11.7. The quantitative estimate of drug-likeness (QED) is 0.839. The lowest BCUT2D eigenvalue weighted by atomic mass is 9.84. The van der Waals surface area contributed by atoms with Gasteiger partial charge in [0.15, 0.2) is 5.78 Å². The number of piperidine rings is 1. The highest BCUT2D eigenvalue weighted by molar-refractivity contribution is 5.94. The van der Waals surface area contributed by atoms with Gasteiger partial charge in [0.2, 0.25) is 0 Å². The highest BCUT2D eigenvalue weighted by Crippen LogP contribution is 2.43. The van der Waals surface area contributed by atoms with Crippen LogP contribution >= 0.6 is 12.4 Å². The third kappa shape index (κ3) is 3.39. The number of ketones is 1. The first-order valence-electron chi connectivity index (χ1n) is 8.16. The van der Waals surface area contributed by atoms with Gasteiger partial charge in [-0.1, -0.05) is 6.42 Å². The van der Waals surface area contributed by atoms with Gasteiger partial charge in [-0.15, -0.1) is 12.4 Å². The van der Waals surface area contributed by atoms with Gasteiger partial charge in [0.05, 0.1) is 6.04 Å². The zero-order valence-corrected chi connectivity index (χ0v) is 14.9. The normalized spacial score (nSPS) is 26.6. The number of benzene rings is 1. The molecule has 0 spiro atoms. The average molecular weight is 340 g/mol. The van der Waals surface area contributed by atoms with Gasteiger partial charge in [-0.3, -0.25) is 9.69 Å². The summed E-state index contributed by atoms with van der Waals surface area (Å²) in [7, 11) is 0. The standard InChI is InChI=1S/C18H25NO3.ClH/c1-12(20)13-7-8-15-14(11-13)16(17(21)18(2,3)22-15)19-9-5-4-6-10-19;/h7-8,11,16-17,21H,4-6,9-10H2,1-3H3;1H. The number of nitrogens with zero attached hydrogens (tertiary/aromatic N) is 1. The zero-order chi connectivity index (χ0) is 15.9. The Morgan fingerprint density at radius 2 is 1.91 bits per heavy atom. The van der Waals surface area contributed by atoms with Gasteiger partial charge >= 0.3 is 0 Å². The largest absolute Gasteiger partial charge is 0.485 e. The molecule has 0 bridgehead atoms. The van der Waals surface area contributed by atoms with E-state index in [0.29, 0.717) is 5.56 Å². The number of halogens is 1. The smallest absolute Gasteiger partial charge is 0.159 e. The molecule has 1 aromatic rings. The van der Waals surface area contributed by atoms with Gasteiger partial charge in [0.1, 0.15) is 17.5 Å². The summed E-state index contributed by atoms with van der Waals surface area (Å²) >= 11 is 0. The monoisotopic (exact) mass is 339 g/mol. The third-order valence-corrected chi connectivity index (χ3v) is 4.90. The molecule has 3 rings (SSSR count). The van der Waals surface area contributed by atoms with E-state index in [-0.39, 0.29) is 24.2 Å². The highest BCUT2D eigenvalue weighted by Gasteiger charge is 2.45. The molecule has 2 atom stereocenters. The number of carbonyl (C=O) groups is 1. The van der Waals surface area contributed by atoms with Crippen molar-refractivity contribution in [2.24, 2.45) is 0 Å². The van der Waals surface area contributed by atoms with Crippen LogP contribution in [-0.4, -0.2) is 40.6 Å². The Labute approximate surface area is 144 Å². The molecule has 0 aromatic heterocycles. The summed E-state index contributed by atoms with van der Waals surface area (Å²) < 4.78 is 6.00. The second-order valence-corrected chi connectivity index (χ2v) is 7.00. The number of Topliss-reactive ketones (excluding diaryl/α,β-unsaturated/α-hetero) is 1. The number of likely N-dealkylation sites (tertiary alicyclic amines) is 1. The van der Waals surface area contributed by atoms with E-state index in [2.05, 4.69) is 4.90 Å². The molecule has 1 fully saturated rings. The molecule has 23 heavy (non-hydrogen) atoms. The van der Waals surface area contributed by atoms with Crippen molar-refractivity contribution in [1.29, 1.82) is 0 Å². The Morgan fingerprint density at radius 3 is 2.52 bits per heavy atom. The molecule has 4 nitrogen and oxygen atoms in total. The van der Waals surface area contributed by atoms with Crippen LogP contribution in [0.4, 0.5) is 0 Å². The molecule has 128 valence electrons. The van der Waals surface area contributed by atoms with E-state index < -0.39 is 11.7 Å². The maximum Gasteiger partial charge on any atom is 0.159 e. The van der Waals surface area contributed by atoms with Crippen LogP contribution in [0.3, 0.4) is 0 Å². The van der Waals surface area contributed by atoms with E-state index in [0.717, 1.165) is 37.2 Å². The van der Waals surface area contributed by atoms with Crippen LogP contribution in [0.25, 0.3) is 0 Å². The van der Waals surface area contributed by atoms with Gasteiger partial charge < -0.3 is 9.84 Å². The van der Waals surface area contributed by atoms with Gasteiger partial charge in [-0.2, -0.15) is 0 Å². The lowest BCUT2D eigenvalue weighted by molar-refractivity contribution is -0.0961. The van der Waals surface area contributed by atoms with E-state index in [9.17, 15) is 9.90 Å². The Kier molecular flexibility index (Phi) is 5.39. The number of aliphatic hydroxyl groups excluding tert-OH is 1. The minimum Gasteiger partial charge on any atom is -0.485 e. The third-order valence-electron chi connectivity index (χ3n) is 4.90. The van der Waals surface area contributed by atoms with Crippen molar-refractivity contribution < 1.29 is 14.6 Å². The molecule has 2 unspecified atom stereocenters. The van der Waals surface area contributed by atoms with Crippen molar-refractivity contribution in [2.45, 2.75) is 57.8 Å². The van der Waals surface area contributed by atoms with Crippen LogP contribution < -0.4 is 4.74 Å². The minimum absolute atomic E-state index is 0. The van der Waals surface area contributed by atoms with E-state index >= 15 is 0 Å². The average Bonchev–Trinajstić information content (AvgIpc) is 2.48. The Morgan fingerprint density at radius 1 is 1.26 bits per heavy atom. The fraction of sp³-hybridized carbons (Fsp3) is 0.611.